The first kappa shape index (κ1) is 23.0. The van der Waals surface area contributed by atoms with E-state index in [1.807, 2.05) is 32.9 Å². The Labute approximate surface area is 172 Å². The van der Waals surface area contributed by atoms with E-state index in [0.29, 0.717) is 11.1 Å². The van der Waals surface area contributed by atoms with Gasteiger partial charge in [-0.25, -0.2) is 17.5 Å². The van der Waals surface area contributed by atoms with E-state index >= 15 is 0 Å². The van der Waals surface area contributed by atoms with Crippen molar-refractivity contribution < 1.29 is 17.6 Å². The van der Waals surface area contributed by atoms with Gasteiger partial charge >= 0.3 is 0 Å². The van der Waals surface area contributed by atoms with Gasteiger partial charge in [-0.2, -0.15) is 0 Å². The molecular weight excluding hydrogens is 391 g/mol. The molecule has 5 nitrogen and oxygen atoms in total. The van der Waals surface area contributed by atoms with Gasteiger partial charge in [-0.05, 0) is 56.0 Å². The fourth-order valence-electron chi connectivity index (χ4n) is 3.41. The van der Waals surface area contributed by atoms with Crippen LogP contribution in [0.3, 0.4) is 0 Å². The summed E-state index contributed by atoms with van der Waals surface area (Å²) in [6.45, 7) is 9.23. The predicted octanol–water partition coefficient (Wildman–Crippen LogP) is 4.80. The molecular formula is C22H29FN2O3S. The molecule has 158 valence electrons. The highest BCUT2D eigenvalue weighted by Crippen LogP contribution is 2.25. The van der Waals surface area contributed by atoms with Crippen LogP contribution in [0.2, 0.25) is 0 Å². The number of hydrogen-bond donors (Lipinski definition) is 2. The molecule has 2 aromatic carbocycles. The van der Waals surface area contributed by atoms with E-state index in [2.05, 4.69) is 10.0 Å². The molecule has 0 aromatic heterocycles. The summed E-state index contributed by atoms with van der Waals surface area (Å²) in [7, 11) is -4.02. The van der Waals surface area contributed by atoms with Crippen LogP contribution in [0.4, 0.5) is 10.1 Å². The molecule has 2 aromatic rings. The molecule has 29 heavy (non-hydrogen) atoms. The lowest BCUT2D eigenvalue weighted by molar-refractivity contribution is 0.102. The van der Waals surface area contributed by atoms with Gasteiger partial charge in [-0.3, -0.25) is 4.79 Å². The molecule has 0 bridgehead atoms. The summed E-state index contributed by atoms with van der Waals surface area (Å²) in [6, 6.07) is 9.06. The van der Waals surface area contributed by atoms with Gasteiger partial charge in [0.1, 0.15) is 10.7 Å². The normalized spacial score (nSPS) is 12.8. The zero-order chi connectivity index (χ0) is 21.8. The summed E-state index contributed by atoms with van der Waals surface area (Å²) >= 11 is 0. The molecule has 2 N–H and O–H groups in total. The number of nitrogens with one attached hydrogen (secondary N) is 2. The fraction of sp³-hybridized carbons (Fsp3) is 0.409. The van der Waals surface area contributed by atoms with Crippen molar-refractivity contribution in [3.63, 3.8) is 0 Å². The minimum atomic E-state index is -4.02. The number of benzene rings is 2. The Morgan fingerprint density at radius 1 is 1.07 bits per heavy atom. The van der Waals surface area contributed by atoms with Crippen molar-refractivity contribution >= 4 is 21.6 Å². The first-order valence-corrected chi connectivity index (χ1v) is 11.3. The van der Waals surface area contributed by atoms with Crippen LogP contribution in [0.15, 0.2) is 41.3 Å². The van der Waals surface area contributed by atoms with Gasteiger partial charge in [0.05, 0.1) is 0 Å². The van der Waals surface area contributed by atoms with Crippen LogP contribution in [0, 0.1) is 25.6 Å². The Kier molecular flexibility index (Phi) is 7.54. The van der Waals surface area contributed by atoms with E-state index in [-0.39, 0.29) is 23.6 Å². The molecule has 0 unspecified atom stereocenters. The summed E-state index contributed by atoms with van der Waals surface area (Å²) in [5, 5.41) is 2.67. The van der Waals surface area contributed by atoms with Crippen molar-refractivity contribution in [2.45, 2.75) is 58.4 Å². The van der Waals surface area contributed by atoms with E-state index in [4.69, 9.17) is 0 Å². The summed E-state index contributed by atoms with van der Waals surface area (Å²) in [6.07, 6.45) is 1.65. The monoisotopic (exact) mass is 420 g/mol. The Balaban J connectivity index is 2.29. The third-order valence-electron chi connectivity index (χ3n) is 5.30. The fourth-order valence-corrected chi connectivity index (χ4v) is 4.87. The van der Waals surface area contributed by atoms with Crippen LogP contribution in [0.5, 0.6) is 0 Å². The second-order valence-electron chi connectivity index (χ2n) is 7.35. The van der Waals surface area contributed by atoms with Gasteiger partial charge in [-0.15, -0.1) is 0 Å². The third-order valence-corrected chi connectivity index (χ3v) is 6.88. The Morgan fingerprint density at radius 3 is 2.28 bits per heavy atom. The Bertz CT molecular complexity index is 986. The quantitative estimate of drug-likeness (QED) is 0.644. The maximum absolute atomic E-state index is 14.7. The molecule has 0 aliphatic heterocycles. The summed E-state index contributed by atoms with van der Waals surface area (Å²) in [5.41, 5.74) is 1.97. The molecule has 1 atom stereocenters. The second-order valence-corrected chi connectivity index (χ2v) is 9.04. The maximum Gasteiger partial charge on any atom is 0.255 e. The summed E-state index contributed by atoms with van der Waals surface area (Å²) < 4.78 is 42.7. The van der Waals surface area contributed by atoms with Crippen LogP contribution in [-0.2, 0) is 10.0 Å². The van der Waals surface area contributed by atoms with Gasteiger partial charge < -0.3 is 5.32 Å². The van der Waals surface area contributed by atoms with E-state index in [1.54, 1.807) is 26.0 Å². The molecule has 1 amide bonds. The number of halogens is 1. The Morgan fingerprint density at radius 2 is 1.69 bits per heavy atom. The van der Waals surface area contributed by atoms with Crippen molar-refractivity contribution in [1.82, 2.24) is 4.72 Å². The number of hydrogen-bond acceptors (Lipinski definition) is 3. The van der Waals surface area contributed by atoms with Gasteiger partial charge in [0.25, 0.3) is 5.91 Å². The molecule has 0 fully saturated rings. The van der Waals surface area contributed by atoms with Gasteiger partial charge in [0, 0.05) is 17.3 Å². The highest BCUT2D eigenvalue weighted by Gasteiger charge is 2.26. The smallest absolute Gasteiger partial charge is 0.255 e. The standard InChI is InChI=1S/C22H29FN2O3S/c1-6-17(7-2)16(5)25-29(27,28)21-12-15(4)20(13-19(21)23)24-22(26)18-11-9-8-10-14(18)3/h8-13,16-17,25H,6-7H2,1-5H3,(H,24,26)/t16-/m1/s1. The molecule has 0 saturated heterocycles. The van der Waals surface area contributed by atoms with Crippen LogP contribution in [-0.4, -0.2) is 20.4 Å². The molecule has 0 saturated carbocycles. The van der Waals surface area contributed by atoms with E-state index in [1.165, 1.54) is 6.07 Å². The second kappa shape index (κ2) is 9.50. The SMILES string of the molecule is CCC(CC)[C@@H](C)NS(=O)(=O)c1cc(C)c(NC(=O)c2ccccc2C)cc1F. The van der Waals surface area contributed by atoms with Crippen molar-refractivity contribution in [3.05, 3.63) is 58.9 Å². The van der Waals surface area contributed by atoms with Crippen LogP contribution in [0.1, 0.15) is 55.1 Å². The number of amides is 1. The predicted molar refractivity (Wildman–Crippen MR) is 114 cm³/mol. The minimum Gasteiger partial charge on any atom is -0.322 e. The highest BCUT2D eigenvalue weighted by atomic mass is 32.2. The zero-order valence-electron chi connectivity index (χ0n) is 17.5. The van der Waals surface area contributed by atoms with Gasteiger partial charge in [-0.1, -0.05) is 44.9 Å². The molecule has 0 spiro atoms. The van der Waals surface area contributed by atoms with Crippen LogP contribution < -0.4 is 10.0 Å². The van der Waals surface area contributed by atoms with Crippen molar-refractivity contribution in [3.8, 4) is 0 Å². The maximum atomic E-state index is 14.7. The number of sulfonamides is 1. The topological polar surface area (TPSA) is 75.3 Å². The molecule has 2 rings (SSSR count). The lowest BCUT2D eigenvalue weighted by Gasteiger charge is -2.22. The molecule has 0 radical (unpaired) electrons. The molecule has 0 heterocycles. The van der Waals surface area contributed by atoms with Crippen LogP contribution in [0.25, 0.3) is 0 Å². The number of rotatable bonds is 8. The van der Waals surface area contributed by atoms with E-state index < -0.39 is 20.7 Å². The summed E-state index contributed by atoms with van der Waals surface area (Å²) in [5.74, 6) is -1.11. The molecule has 7 heteroatoms. The third kappa shape index (κ3) is 5.42. The summed E-state index contributed by atoms with van der Waals surface area (Å²) in [4.78, 5) is 12.1. The van der Waals surface area contributed by atoms with Crippen molar-refractivity contribution in [2.24, 2.45) is 5.92 Å². The van der Waals surface area contributed by atoms with Crippen LogP contribution >= 0.6 is 0 Å². The van der Waals surface area contributed by atoms with Gasteiger partial charge in [0.15, 0.2) is 0 Å². The number of carbonyl (C=O) groups is 1. The number of aryl methyl sites for hydroxylation is 2. The first-order chi connectivity index (χ1) is 13.6. The molecule has 0 aliphatic carbocycles. The van der Waals surface area contributed by atoms with Gasteiger partial charge in [0.2, 0.25) is 10.0 Å². The highest BCUT2D eigenvalue weighted by molar-refractivity contribution is 7.89. The Hall–Kier alpha value is -2.25. The van der Waals surface area contributed by atoms with E-state index in [0.717, 1.165) is 24.5 Å². The molecule has 0 aliphatic rings. The lowest BCUT2D eigenvalue weighted by Crippen LogP contribution is -2.38. The average Bonchev–Trinajstić information content (AvgIpc) is 2.65. The zero-order valence-corrected chi connectivity index (χ0v) is 18.4. The van der Waals surface area contributed by atoms with Crippen molar-refractivity contribution in [2.75, 3.05) is 5.32 Å². The minimum absolute atomic E-state index is 0.168. The van der Waals surface area contributed by atoms with Crippen molar-refractivity contribution in [1.29, 1.82) is 0 Å². The lowest BCUT2D eigenvalue weighted by atomic mass is 9.96. The number of anilines is 1. The largest absolute Gasteiger partial charge is 0.322 e. The average molecular weight is 421 g/mol. The number of carbonyl (C=O) groups excluding carboxylic acids is 1. The van der Waals surface area contributed by atoms with E-state index in [9.17, 15) is 17.6 Å². The first-order valence-electron chi connectivity index (χ1n) is 9.80.